The number of benzene rings is 3. The quantitative estimate of drug-likeness (QED) is 0.171. The summed E-state index contributed by atoms with van der Waals surface area (Å²) in [7, 11) is -2.50. The first-order chi connectivity index (χ1) is 20.4. The Labute approximate surface area is 251 Å². The number of ether oxygens (including phenoxy) is 1. The molecule has 2 aliphatic carbocycles. The molecule has 13 heteroatoms. The minimum Gasteiger partial charge on any atom is -0.497 e. The maximum Gasteiger partial charge on any atom is 0.255 e. The molecule has 1 amide bonds. The molecule has 3 aromatic carbocycles. The van der Waals surface area contributed by atoms with E-state index < -0.39 is 55.9 Å². The highest BCUT2D eigenvalue weighted by Crippen LogP contribution is 2.51. The molecule has 0 radical (unpaired) electrons. The van der Waals surface area contributed by atoms with E-state index in [-0.39, 0.29) is 40.6 Å². The third-order valence-electron chi connectivity index (χ3n) is 7.93. The highest BCUT2D eigenvalue weighted by atomic mass is 35.5. The number of hydrogen-bond acceptors (Lipinski definition) is 7. The number of oxime groups is 1. The molecular formula is C30H28ClF3N2O6S. The number of halogens is 4. The number of carbonyl (C=O) groups excluding carboxylic acids is 1. The van der Waals surface area contributed by atoms with Crippen LogP contribution in [0.5, 0.6) is 5.75 Å². The average molecular weight is 637 g/mol. The van der Waals surface area contributed by atoms with Gasteiger partial charge in [-0.25, -0.2) is 21.6 Å². The van der Waals surface area contributed by atoms with Gasteiger partial charge in [0.05, 0.1) is 28.5 Å². The zero-order valence-electron chi connectivity index (χ0n) is 22.9. The molecule has 0 saturated heterocycles. The second-order valence-electron chi connectivity index (χ2n) is 10.8. The van der Waals surface area contributed by atoms with E-state index in [4.69, 9.17) is 21.2 Å². The van der Waals surface area contributed by atoms with E-state index in [9.17, 15) is 31.5 Å². The Morgan fingerprint density at radius 2 is 1.70 bits per heavy atom. The summed E-state index contributed by atoms with van der Waals surface area (Å²) < 4.78 is 73.4. The first-order valence-corrected chi connectivity index (χ1v) is 15.3. The molecule has 43 heavy (non-hydrogen) atoms. The van der Waals surface area contributed by atoms with Crippen LogP contribution in [0, 0.1) is 29.3 Å². The van der Waals surface area contributed by atoms with Crippen LogP contribution in [0.4, 0.5) is 18.9 Å². The minimum atomic E-state index is -4.07. The van der Waals surface area contributed by atoms with Gasteiger partial charge in [0, 0.05) is 23.4 Å². The third kappa shape index (κ3) is 6.51. The van der Waals surface area contributed by atoms with Crippen molar-refractivity contribution in [2.75, 3.05) is 12.4 Å². The van der Waals surface area contributed by atoms with Crippen molar-refractivity contribution in [1.29, 1.82) is 0 Å². The smallest absolute Gasteiger partial charge is 0.255 e. The van der Waals surface area contributed by atoms with Crippen molar-refractivity contribution in [3.8, 4) is 5.75 Å². The van der Waals surface area contributed by atoms with Gasteiger partial charge in [-0.1, -0.05) is 28.9 Å². The number of nitrogens with zero attached hydrogens (tertiary/aromatic N) is 1. The number of rotatable bonds is 9. The topological polar surface area (TPSA) is 114 Å². The van der Waals surface area contributed by atoms with E-state index in [2.05, 4.69) is 10.5 Å². The number of fused-ring (bicyclic) bond motifs is 2. The van der Waals surface area contributed by atoms with Crippen LogP contribution in [-0.4, -0.2) is 43.6 Å². The summed E-state index contributed by atoms with van der Waals surface area (Å²) in [5.74, 6) is -5.63. The predicted molar refractivity (Wildman–Crippen MR) is 153 cm³/mol. The second kappa shape index (κ2) is 12.2. The van der Waals surface area contributed by atoms with Gasteiger partial charge < -0.3 is 20.0 Å². The molecule has 0 aliphatic heterocycles. The van der Waals surface area contributed by atoms with Gasteiger partial charge in [0.15, 0.2) is 27.3 Å². The summed E-state index contributed by atoms with van der Waals surface area (Å²) in [4.78, 5) is 17.9. The van der Waals surface area contributed by atoms with Crippen molar-refractivity contribution >= 4 is 39.2 Å². The van der Waals surface area contributed by atoms with Gasteiger partial charge in [0.2, 0.25) is 0 Å². The van der Waals surface area contributed by atoms with Crippen LogP contribution in [0.3, 0.4) is 0 Å². The zero-order valence-corrected chi connectivity index (χ0v) is 24.5. The number of methoxy groups -OCH3 is 1. The monoisotopic (exact) mass is 636 g/mol. The van der Waals surface area contributed by atoms with Crippen LogP contribution in [0.1, 0.15) is 41.6 Å². The number of aliphatic hydroxyl groups is 1. The lowest BCUT2D eigenvalue weighted by Gasteiger charge is -2.38. The van der Waals surface area contributed by atoms with Crippen molar-refractivity contribution in [2.24, 2.45) is 17.0 Å². The van der Waals surface area contributed by atoms with Crippen molar-refractivity contribution in [3.63, 3.8) is 0 Å². The fourth-order valence-electron chi connectivity index (χ4n) is 5.99. The highest BCUT2D eigenvalue weighted by molar-refractivity contribution is 7.92. The van der Waals surface area contributed by atoms with E-state index in [0.29, 0.717) is 30.7 Å². The first-order valence-electron chi connectivity index (χ1n) is 13.4. The van der Waals surface area contributed by atoms with Crippen LogP contribution < -0.4 is 10.1 Å². The van der Waals surface area contributed by atoms with Gasteiger partial charge in [-0.15, -0.1) is 0 Å². The lowest BCUT2D eigenvalue weighted by atomic mass is 9.78. The Kier molecular flexibility index (Phi) is 8.73. The fourth-order valence-corrected chi connectivity index (χ4v) is 8.83. The SMILES string of the molecule is COc1ccc(CO/N=C/[C@]2(O)CC3CC[C@@H](C2)[C@H]3S(=O)(=O)c2cc(C(=O)Nc3cc(F)c(F)c(F)c3)ccc2Cl)cc1. The standard InChI is InChI=1S/C30H28ClF3N2O6S/c1-41-22-7-2-17(3-8-22)15-42-35-16-30(38)13-19-4-5-20(14-30)28(19)43(39,40)26-10-18(6-9-23(26)31)29(37)36-21-11-24(32)27(34)25(33)12-21/h2-3,6-12,16,19-20,28,38H,4-5,13-15H2,1H3,(H,36,37)/b35-16+/t19-,20?,28+,30+/m0/s1. The van der Waals surface area contributed by atoms with Crippen molar-refractivity contribution in [2.45, 2.75) is 48.0 Å². The maximum absolute atomic E-state index is 13.9. The van der Waals surface area contributed by atoms with E-state index in [1.807, 2.05) is 12.1 Å². The van der Waals surface area contributed by atoms with Crippen molar-refractivity contribution in [1.82, 2.24) is 0 Å². The Morgan fingerprint density at radius 1 is 1.07 bits per heavy atom. The molecule has 2 saturated carbocycles. The molecule has 2 bridgehead atoms. The molecule has 2 aliphatic rings. The van der Waals surface area contributed by atoms with Crippen LogP contribution in [0.15, 0.2) is 64.6 Å². The van der Waals surface area contributed by atoms with Crippen molar-refractivity contribution < 1.29 is 41.1 Å². The van der Waals surface area contributed by atoms with Gasteiger partial charge >= 0.3 is 0 Å². The zero-order chi connectivity index (χ0) is 30.9. The maximum atomic E-state index is 13.9. The molecule has 0 spiro atoms. The van der Waals surface area contributed by atoms with E-state index in [1.54, 1.807) is 19.2 Å². The van der Waals surface area contributed by atoms with Crippen LogP contribution in [-0.2, 0) is 21.3 Å². The second-order valence-corrected chi connectivity index (χ2v) is 13.3. The Hall–Kier alpha value is -3.61. The third-order valence-corrected chi connectivity index (χ3v) is 10.8. The molecule has 3 aromatic rings. The molecule has 0 heterocycles. The van der Waals surface area contributed by atoms with Crippen LogP contribution in [0.25, 0.3) is 0 Å². The Balaban J connectivity index is 1.29. The predicted octanol–water partition coefficient (Wildman–Crippen LogP) is 5.91. The molecule has 5 rings (SSSR count). The lowest BCUT2D eigenvalue weighted by molar-refractivity contribution is 0.0411. The number of amides is 1. The highest BCUT2D eigenvalue weighted by Gasteiger charge is 2.54. The summed E-state index contributed by atoms with van der Waals surface area (Å²) in [5, 5.41) is 16.5. The molecule has 8 nitrogen and oxygen atoms in total. The summed E-state index contributed by atoms with van der Waals surface area (Å²) in [6, 6.07) is 12.1. The number of anilines is 1. The average Bonchev–Trinajstić information content (AvgIpc) is 3.27. The number of sulfone groups is 1. The Morgan fingerprint density at radius 3 is 2.30 bits per heavy atom. The minimum absolute atomic E-state index is 0.0934. The fraction of sp³-hybridized carbons (Fsp3) is 0.333. The summed E-state index contributed by atoms with van der Waals surface area (Å²) in [6.45, 7) is 0.174. The largest absolute Gasteiger partial charge is 0.497 e. The molecule has 2 N–H and O–H groups in total. The number of hydrogen-bond donors (Lipinski definition) is 2. The van der Waals surface area contributed by atoms with Crippen LogP contribution >= 0.6 is 11.6 Å². The van der Waals surface area contributed by atoms with Gasteiger partial charge in [-0.2, -0.15) is 0 Å². The normalized spacial score (nSPS) is 23.3. The number of carbonyl (C=O) groups is 1. The molecule has 228 valence electrons. The summed E-state index contributed by atoms with van der Waals surface area (Å²) in [5.41, 5.74) is -0.985. The first kappa shape index (κ1) is 30.8. The Bertz CT molecular complexity index is 1630. The summed E-state index contributed by atoms with van der Waals surface area (Å²) in [6.07, 6.45) is 2.74. The van der Waals surface area contributed by atoms with E-state index in [0.717, 1.165) is 11.6 Å². The van der Waals surface area contributed by atoms with Gasteiger partial charge in [0.25, 0.3) is 5.91 Å². The van der Waals surface area contributed by atoms with Gasteiger partial charge in [0.1, 0.15) is 18.0 Å². The van der Waals surface area contributed by atoms with Crippen molar-refractivity contribution in [3.05, 3.63) is 88.2 Å². The molecule has 1 unspecified atom stereocenters. The molecule has 2 fully saturated rings. The number of nitrogens with one attached hydrogen (secondary N) is 1. The summed E-state index contributed by atoms with van der Waals surface area (Å²) >= 11 is 6.30. The molecule has 0 aromatic heterocycles. The van der Waals surface area contributed by atoms with E-state index in [1.165, 1.54) is 18.3 Å². The van der Waals surface area contributed by atoms with Gasteiger partial charge in [-0.05, 0) is 73.4 Å². The molecule has 4 atom stereocenters. The lowest BCUT2D eigenvalue weighted by Crippen LogP contribution is -2.47. The van der Waals surface area contributed by atoms with Gasteiger partial charge in [-0.3, -0.25) is 4.79 Å². The molecular weight excluding hydrogens is 609 g/mol. The van der Waals surface area contributed by atoms with Crippen LogP contribution in [0.2, 0.25) is 5.02 Å². The van der Waals surface area contributed by atoms with E-state index >= 15 is 0 Å².